The maximum atomic E-state index is 12.3. The van der Waals surface area contributed by atoms with Gasteiger partial charge in [-0.25, -0.2) is 9.59 Å². The molecule has 1 fully saturated rings. The van der Waals surface area contributed by atoms with E-state index in [4.69, 9.17) is 9.47 Å². The fraction of sp³-hybridized carbons (Fsp3) is 0.857. The van der Waals surface area contributed by atoms with Crippen LogP contribution in [-0.2, 0) is 14.3 Å². The summed E-state index contributed by atoms with van der Waals surface area (Å²) in [5.41, 5.74) is -0.964. The van der Waals surface area contributed by atoms with Crippen LogP contribution in [0.1, 0.15) is 54.4 Å². The summed E-state index contributed by atoms with van der Waals surface area (Å²) in [4.78, 5) is 25.8. The van der Waals surface area contributed by atoms with Crippen molar-refractivity contribution in [2.24, 2.45) is 0 Å². The number of carbonyl (C=O) groups is 2. The third kappa shape index (κ3) is 3.85. The number of rotatable bonds is 2. The topological polar surface area (TPSA) is 55.8 Å². The summed E-state index contributed by atoms with van der Waals surface area (Å²) in [6.45, 7) is 11.4. The lowest BCUT2D eigenvalue weighted by Crippen LogP contribution is -2.51. The van der Waals surface area contributed by atoms with Crippen molar-refractivity contribution in [3.8, 4) is 0 Å². The Morgan fingerprint density at radius 1 is 1.32 bits per heavy atom. The Morgan fingerprint density at radius 2 is 1.89 bits per heavy atom. The van der Waals surface area contributed by atoms with E-state index < -0.39 is 17.7 Å². The number of hydrogen-bond donors (Lipinski definition) is 0. The SMILES string of the molecule is CCOC(=O)C1CCC(C)(C)N1C(=O)OC(C)(C)C. The highest BCUT2D eigenvalue weighted by atomic mass is 16.6. The Bertz CT molecular complexity index is 357. The van der Waals surface area contributed by atoms with Crippen molar-refractivity contribution >= 4 is 12.1 Å². The summed E-state index contributed by atoms with van der Waals surface area (Å²) in [6, 6.07) is -0.537. The standard InChI is InChI=1S/C14H25NO4/c1-7-18-11(16)10-8-9-14(5,6)15(10)12(17)19-13(2,3)4/h10H,7-9H2,1-6H3. The van der Waals surface area contributed by atoms with Crippen LogP contribution in [0.15, 0.2) is 0 Å². The molecule has 1 aliphatic rings. The predicted molar refractivity (Wildman–Crippen MR) is 71.8 cm³/mol. The third-order valence-corrected chi connectivity index (χ3v) is 3.14. The second-order valence-electron chi connectivity index (χ2n) is 6.47. The lowest BCUT2D eigenvalue weighted by molar-refractivity contribution is -0.149. The number of ether oxygens (including phenoxy) is 2. The highest BCUT2D eigenvalue weighted by molar-refractivity contribution is 5.83. The Hall–Kier alpha value is -1.26. The van der Waals surface area contributed by atoms with Crippen molar-refractivity contribution < 1.29 is 19.1 Å². The maximum absolute atomic E-state index is 12.3. The van der Waals surface area contributed by atoms with Crippen LogP contribution in [0.5, 0.6) is 0 Å². The molecular weight excluding hydrogens is 246 g/mol. The van der Waals surface area contributed by atoms with E-state index in [-0.39, 0.29) is 11.5 Å². The molecule has 1 amide bonds. The van der Waals surface area contributed by atoms with Crippen LogP contribution in [0.3, 0.4) is 0 Å². The number of esters is 1. The normalized spacial score (nSPS) is 22.2. The Morgan fingerprint density at radius 3 is 2.37 bits per heavy atom. The molecule has 110 valence electrons. The first-order valence-corrected chi connectivity index (χ1v) is 6.77. The quantitative estimate of drug-likeness (QED) is 0.725. The van der Waals surface area contributed by atoms with Crippen LogP contribution in [0, 0.1) is 0 Å². The number of likely N-dealkylation sites (tertiary alicyclic amines) is 1. The predicted octanol–water partition coefficient (Wildman–Crippen LogP) is 2.73. The smallest absolute Gasteiger partial charge is 0.411 e. The van der Waals surface area contributed by atoms with Crippen molar-refractivity contribution in [3.63, 3.8) is 0 Å². The van der Waals surface area contributed by atoms with E-state index in [1.54, 1.807) is 6.92 Å². The molecule has 1 rings (SSSR count). The molecule has 0 aromatic rings. The van der Waals surface area contributed by atoms with Gasteiger partial charge in [0.1, 0.15) is 11.6 Å². The summed E-state index contributed by atoms with van der Waals surface area (Å²) >= 11 is 0. The highest BCUT2D eigenvalue weighted by Gasteiger charge is 2.48. The van der Waals surface area contributed by atoms with Crippen LogP contribution in [0.2, 0.25) is 0 Å². The third-order valence-electron chi connectivity index (χ3n) is 3.14. The molecule has 0 saturated carbocycles. The van der Waals surface area contributed by atoms with Gasteiger partial charge in [-0.1, -0.05) is 0 Å². The first-order chi connectivity index (χ1) is 8.58. The average Bonchev–Trinajstić information content (AvgIpc) is 2.51. The monoisotopic (exact) mass is 271 g/mol. The van der Waals surface area contributed by atoms with E-state index in [1.165, 1.54) is 4.90 Å². The largest absolute Gasteiger partial charge is 0.464 e. The summed E-state index contributed by atoms with van der Waals surface area (Å²) in [7, 11) is 0. The van der Waals surface area contributed by atoms with E-state index in [0.29, 0.717) is 13.0 Å². The lowest BCUT2D eigenvalue weighted by Gasteiger charge is -2.36. The molecule has 19 heavy (non-hydrogen) atoms. The van der Waals surface area contributed by atoms with E-state index in [1.807, 2.05) is 34.6 Å². The number of carbonyl (C=O) groups excluding carboxylic acids is 2. The molecule has 0 aromatic heterocycles. The molecule has 0 radical (unpaired) electrons. The van der Waals surface area contributed by atoms with Crippen molar-refractivity contribution in [3.05, 3.63) is 0 Å². The van der Waals surface area contributed by atoms with Crippen molar-refractivity contribution in [1.29, 1.82) is 0 Å². The number of nitrogens with zero attached hydrogens (tertiary/aromatic N) is 1. The van der Waals surface area contributed by atoms with Crippen molar-refractivity contribution in [2.75, 3.05) is 6.61 Å². The van der Waals surface area contributed by atoms with Gasteiger partial charge in [-0.15, -0.1) is 0 Å². The molecule has 0 N–H and O–H groups in total. The molecule has 1 atom stereocenters. The molecule has 0 aliphatic carbocycles. The van der Waals surface area contributed by atoms with E-state index in [0.717, 1.165) is 6.42 Å². The van der Waals surface area contributed by atoms with E-state index in [9.17, 15) is 9.59 Å². The first kappa shape index (κ1) is 15.8. The zero-order valence-electron chi connectivity index (χ0n) is 12.8. The van der Waals surface area contributed by atoms with Gasteiger partial charge in [-0.3, -0.25) is 4.90 Å². The Balaban J connectivity index is 2.90. The summed E-state index contributed by atoms with van der Waals surface area (Å²) in [6.07, 6.45) is 0.925. The molecule has 1 heterocycles. The molecule has 1 unspecified atom stereocenters. The van der Waals surface area contributed by atoms with Crippen LogP contribution < -0.4 is 0 Å². The van der Waals surface area contributed by atoms with Gasteiger partial charge in [0.15, 0.2) is 0 Å². The molecule has 0 spiro atoms. The summed E-state index contributed by atoms with van der Waals surface area (Å²) < 4.78 is 10.4. The number of amides is 1. The zero-order chi connectivity index (χ0) is 14.8. The minimum Gasteiger partial charge on any atom is -0.464 e. The molecule has 1 aliphatic heterocycles. The molecule has 1 saturated heterocycles. The van der Waals surface area contributed by atoms with Crippen LogP contribution in [0.25, 0.3) is 0 Å². The average molecular weight is 271 g/mol. The van der Waals surface area contributed by atoms with Crippen LogP contribution in [-0.4, -0.2) is 40.8 Å². The van der Waals surface area contributed by atoms with Gasteiger partial charge in [-0.05, 0) is 54.4 Å². The fourth-order valence-electron chi connectivity index (χ4n) is 2.31. The molecule has 0 bridgehead atoms. The van der Waals surface area contributed by atoms with Gasteiger partial charge in [-0.2, -0.15) is 0 Å². The van der Waals surface area contributed by atoms with E-state index in [2.05, 4.69) is 0 Å². The Labute approximate surface area is 115 Å². The van der Waals surface area contributed by atoms with Crippen molar-refractivity contribution in [2.45, 2.75) is 71.6 Å². The van der Waals surface area contributed by atoms with Gasteiger partial charge < -0.3 is 9.47 Å². The fourth-order valence-corrected chi connectivity index (χ4v) is 2.31. The molecule has 0 aromatic carbocycles. The number of hydrogen-bond acceptors (Lipinski definition) is 4. The van der Waals surface area contributed by atoms with Crippen LogP contribution in [0.4, 0.5) is 4.79 Å². The molecular formula is C14H25NO4. The van der Waals surface area contributed by atoms with Gasteiger partial charge >= 0.3 is 12.1 Å². The zero-order valence-corrected chi connectivity index (χ0v) is 12.8. The molecule has 5 heteroatoms. The van der Waals surface area contributed by atoms with Crippen LogP contribution >= 0.6 is 0 Å². The van der Waals surface area contributed by atoms with Gasteiger partial charge in [0, 0.05) is 5.54 Å². The second kappa shape index (κ2) is 5.39. The summed E-state index contributed by atoms with van der Waals surface area (Å²) in [5.74, 6) is -0.348. The minimum absolute atomic E-state index is 0.317. The van der Waals surface area contributed by atoms with Gasteiger partial charge in [0.2, 0.25) is 0 Å². The Kier molecular flexibility index (Phi) is 4.48. The second-order valence-corrected chi connectivity index (χ2v) is 6.47. The molecule has 5 nitrogen and oxygen atoms in total. The summed E-state index contributed by atoms with van der Waals surface area (Å²) in [5, 5.41) is 0. The lowest BCUT2D eigenvalue weighted by atomic mass is 10.0. The minimum atomic E-state index is -0.574. The van der Waals surface area contributed by atoms with Gasteiger partial charge in [0.25, 0.3) is 0 Å². The first-order valence-electron chi connectivity index (χ1n) is 6.77. The van der Waals surface area contributed by atoms with E-state index >= 15 is 0 Å². The maximum Gasteiger partial charge on any atom is 0.411 e. The highest BCUT2D eigenvalue weighted by Crippen LogP contribution is 2.35. The van der Waals surface area contributed by atoms with Crippen molar-refractivity contribution in [1.82, 2.24) is 4.90 Å². The van der Waals surface area contributed by atoms with Gasteiger partial charge in [0.05, 0.1) is 6.61 Å².